The van der Waals surface area contributed by atoms with E-state index in [2.05, 4.69) is 70.0 Å². The van der Waals surface area contributed by atoms with Crippen molar-refractivity contribution in [2.75, 3.05) is 24.5 Å². The summed E-state index contributed by atoms with van der Waals surface area (Å²) in [6.07, 6.45) is 1.91. The summed E-state index contributed by atoms with van der Waals surface area (Å²) in [6.45, 7) is 19.2. The maximum Gasteiger partial charge on any atom is 0.227 e. The van der Waals surface area contributed by atoms with E-state index in [9.17, 15) is 0 Å². The topological polar surface area (TPSA) is 55.0 Å². The molecule has 3 heterocycles. The van der Waals surface area contributed by atoms with Gasteiger partial charge in [-0.15, -0.1) is 16.8 Å². The minimum absolute atomic E-state index is 0.403. The van der Waals surface area contributed by atoms with Gasteiger partial charge in [0.25, 0.3) is 0 Å². The molecule has 0 spiro atoms. The van der Waals surface area contributed by atoms with E-state index in [4.69, 9.17) is 0 Å². The summed E-state index contributed by atoms with van der Waals surface area (Å²) in [5, 5.41) is 13.6. The Bertz CT molecular complexity index is 760. The third-order valence-electron chi connectivity index (χ3n) is 5.29. The van der Waals surface area contributed by atoms with Crippen molar-refractivity contribution in [2.24, 2.45) is 0 Å². The maximum absolute atomic E-state index is 4.57. The molecule has 7 nitrogen and oxygen atoms in total. The van der Waals surface area contributed by atoms with Crippen LogP contribution in [0.4, 0.5) is 5.95 Å². The lowest BCUT2D eigenvalue weighted by atomic mass is 10.1. The van der Waals surface area contributed by atoms with E-state index in [-0.39, 0.29) is 0 Å². The molecule has 26 heavy (non-hydrogen) atoms. The van der Waals surface area contributed by atoms with Gasteiger partial charge in [-0.05, 0) is 40.3 Å². The number of aromatic nitrogens is 5. The normalized spacial score (nSPS) is 21.3. The molecule has 0 N–H and O–H groups in total. The van der Waals surface area contributed by atoms with Crippen LogP contribution in [0.2, 0.25) is 0 Å². The number of anilines is 1. The molecule has 1 aliphatic heterocycles. The molecular formula is C19H31N7. The van der Waals surface area contributed by atoms with Crippen molar-refractivity contribution in [1.82, 2.24) is 29.4 Å². The zero-order valence-electron chi connectivity index (χ0n) is 16.7. The number of hydrogen-bond donors (Lipinski definition) is 0. The van der Waals surface area contributed by atoms with Gasteiger partial charge in [0, 0.05) is 37.4 Å². The Hall–Kier alpha value is -2.15. The molecule has 0 aliphatic carbocycles. The SMILES string of the molecule is C=CCn1c(Cn2nc(C)cc2C)nnc1N1CC(C)N(CC)CC1C. The molecule has 1 fully saturated rings. The predicted molar refractivity (Wildman–Crippen MR) is 105 cm³/mol. The summed E-state index contributed by atoms with van der Waals surface area (Å²) in [6, 6.07) is 2.99. The Morgan fingerprint density at radius 1 is 1.19 bits per heavy atom. The van der Waals surface area contributed by atoms with Gasteiger partial charge >= 0.3 is 0 Å². The van der Waals surface area contributed by atoms with Gasteiger partial charge in [0.2, 0.25) is 5.95 Å². The number of allylic oxidation sites excluding steroid dienone is 1. The van der Waals surface area contributed by atoms with Crippen molar-refractivity contribution in [3.8, 4) is 0 Å². The molecular weight excluding hydrogens is 326 g/mol. The molecule has 2 atom stereocenters. The van der Waals surface area contributed by atoms with Crippen LogP contribution in [0.15, 0.2) is 18.7 Å². The van der Waals surface area contributed by atoms with Crippen molar-refractivity contribution < 1.29 is 0 Å². The molecule has 1 saturated heterocycles. The average molecular weight is 358 g/mol. The smallest absolute Gasteiger partial charge is 0.227 e. The van der Waals surface area contributed by atoms with Crippen LogP contribution in [0.1, 0.15) is 38.0 Å². The zero-order chi connectivity index (χ0) is 18.8. The third-order valence-corrected chi connectivity index (χ3v) is 5.29. The standard InChI is InChI=1S/C19H31N7/c1-7-9-24-18(13-26-15(4)10-14(3)22-26)20-21-19(24)25-12-16(5)23(8-2)11-17(25)6/h7,10,16-17H,1,8-9,11-13H2,2-6H3. The second-order valence-electron chi connectivity index (χ2n) is 7.34. The quantitative estimate of drug-likeness (QED) is 0.742. The van der Waals surface area contributed by atoms with Gasteiger partial charge in [0.05, 0.1) is 5.69 Å². The Balaban J connectivity index is 1.89. The average Bonchev–Trinajstić information content (AvgIpc) is 3.13. The van der Waals surface area contributed by atoms with Crippen LogP contribution < -0.4 is 4.90 Å². The van der Waals surface area contributed by atoms with Crippen molar-refractivity contribution in [3.63, 3.8) is 0 Å². The number of hydrogen-bond acceptors (Lipinski definition) is 5. The van der Waals surface area contributed by atoms with Crippen LogP contribution in [0, 0.1) is 13.8 Å². The molecule has 0 radical (unpaired) electrons. The van der Waals surface area contributed by atoms with E-state index in [1.165, 1.54) is 0 Å². The fourth-order valence-electron chi connectivity index (χ4n) is 3.86. The molecule has 0 aromatic carbocycles. The second kappa shape index (κ2) is 7.61. The Morgan fingerprint density at radius 2 is 1.96 bits per heavy atom. The van der Waals surface area contributed by atoms with E-state index in [1.807, 2.05) is 17.7 Å². The number of likely N-dealkylation sites (N-methyl/N-ethyl adjacent to an activating group) is 1. The van der Waals surface area contributed by atoms with Gasteiger partial charge in [-0.2, -0.15) is 5.10 Å². The molecule has 0 saturated carbocycles. The van der Waals surface area contributed by atoms with E-state index >= 15 is 0 Å². The molecule has 0 amide bonds. The van der Waals surface area contributed by atoms with Crippen LogP contribution in [0.5, 0.6) is 0 Å². The molecule has 142 valence electrons. The van der Waals surface area contributed by atoms with E-state index < -0.39 is 0 Å². The second-order valence-corrected chi connectivity index (χ2v) is 7.34. The predicted octanol–water partition coefficient (Wildman–Crippen LogP) is 2.24. The maximum atomic E-state index is 4.57. The van der Waals surface area contributed by atoms with Gasteiger partial charge in [0.1, 0.15) is 6.54 Å². The number of piperazine rings is 1. The fraction of sp³-hybridized carbons (Fsp3) is 0.632. The van der Waals surface area contributed by atoms with Crippen LogP contribution in [-0.4, -0.2) is 61.2 Å². The Labute approximate surface area is 156 Å². The van der Waals surface area contributed by atoms with Crippen molar-refractivity contribution in [3.05, 3.63) is 35.9 Å². The summed E-state index contributed by atoms with van der Waals surface area (Å²) < 4.78 is 4.16. The highest BCUT2D eigenvalue weighted by Crippen LogP contribution is 2.23. The molecule has 0 bridgehead atoms. The van der Waals surface area contributed by atoms with Crippen molar-refractivity contribution >= 4 is 5.95 Å². The highest BCUT2D eigenvalue weighted by Gasteiger charge is 2.31. The highest BCUT2D eigenvalue weighted by molar-refractivity contribution is 5.35. The number of nitrogens with zero attached hydrogens (tertiary/aromatic N) is 7. The lowest BCUT2D eigenvalue weighted by Crippen LogP contribution is -2.57. The van der Waals surface area contributed by atoms with Crippen molar-refractivity contribution in [2.45, 2.75) is 59.8 Å². The first-order chi connectivity index (χ1) is 12.4. The van der Waals surface area contributed by atoms with Crippen LogP contribution in [0.25, 0.3) is 0 Å². The Kier molecular flexibility index (Phi) is 5.46. The lowest BCUT2D eigenvalue weighted by molar-refractivity contribution is 0.173. The van der Waals surface area contributed by atoms with Crippen molar-refractivity contribution in [1.29, 1.82) is 0 Å². The van der Waals surface area contributed by atoms with Crippen LogP contribution in [-0.2, 0) is 13.1 Å². The summed E-state index contributed by atoms with van der Waals surface area (Å²) in [7, 11) is 0. The summed E-state index contributed by atoms with van der Waals surface area (Å²) in [5.41, 5.74) is 2.16. The van der Waals surface area contributed by atoms with E-state index in [0.717, 1.165) is 42.8 Å². The van der Waals surface area contributed by atoms with Gasteiger partial charge in [-0.1, -0.05) is 13.0 Å². The van der Waals surface area contributed by atoms with Crippen LogP contribution in [0.3, 0.4) is 0 Å². The first-order valence-electron chi connectivity index (χ1n) is 9.49. The summed E-state index contributed by atoms with van der Waals surface area (Å²) >= 11 is 0. The van der Waals surface area contributed by atoms with Gasteiger partial charge < -0.3 is 4.90 Å². The molecule has 2 aromatic rings. The van der Waals surface area contributed by atoms with E-state index in [0.29, 0.717) is 25.2 Å². The largest absolute Gasteiger partial charge is 0.335 e. The van der Waals surface area contributed by atoms with E-state index in [1.54, 1.807) is 0 Å². The number of rotatable bonds is 6. The molecule has 7 heteroatoms. The fourth-order valence-corrected chi connectivity index (χ4v) is 3.86. The molecule has 1 aliphatic rings. The molecule has 2 unspecified atom stereocenters. The lowest BCUT2D eigenvalue weighted by Gasteiger charge is -2.44. The first kappa shape index (κ1) is 18.6. The molecule has 2 aromatic heterocycles. The van der Waals surface area contributed by atoms with Gasteiger partial charge in [-0.3, -0.25) is 14.1 Å². The number of aryl methyl sites for hydroxylation is 2. The Morgan fingerprint density at radius 3 is 2.58 bits per heavy atom. The summed E-state index contributed by atoms with van der Waals surface area (Å²) in [5.74, 6) is 1.86. The third kappa shape index (κ3) is 3.53. The minimum atomic E-state index is 0.403. The molecule has 3 rings (SSSR count). The highest BCUT2D eigenvalue weighted by atomic mass is 15.4. The monoisotopic (exact) mass is 357 g/mol. The van der Waals surface area contributed by atoms with Gasteiger partial charge in [-0.25, -0.2) is 0 Å². The summed E-state index contributed by atoms with van der Waals surface area (Å²) in [4.78, 5) is 4.91. The van der Waals surface area contributed by atoms with Gasteiger partial charge in [0.15, 0.2) is 5.82 Å². The first-order valence-corrected chi connectivity index (χ1v) is 9.49. The zero-order valence-corrected chi connectivity index (χ0v) is 16.7. The van der Waals surface area contributed by atoms with Crippen LogP contribution >= 0.6 is 0 Å². The minimum Gasteiger partial charge on any atom is -0.335 e.